The summed E-state index contributed by atoms with van der Waals surface area (Å²) in [6.07, 6.45) is 1.76. The lowest BCUT2D eigenvalue weighted by molar-refractivity contribution is -0.126. The maximum absolute atomic E-state index is 12.4. The van der Waals surface area contributed by atoms with Gasteiger partial charge in [-0.1, -0.05) is 35.9 Å². The highest BCUT2D eigenvalue weighted by molar-refractivity contribution is 6.30. The molecule has 6 heteroatoms. The van der Waals surface area contributed by atoms with Gasteiger partial charge in [-0.25, -0.2) is 0 Å². The molecule has 150 valence electrons. The summed E-state index contributed by atoms with van der Waals surface area (Å²) in [5, 5.41) is 3.75. The number of nitrogens with zero attached hydrogens (tertiary/aromatic N) is 1. The van der Waals surface area contributed by atoms with Gasteiger partial charge in [0.1, 0.15) is 6.61 Å². The van der Waals surface area contributed by atoms with E-state index < -0.39 is 0 Å². The number of methoxy groups -OCH3 is 1. The van der Waals surface area contributed by atoms with E-state index in [1.54, 1.807) is 7.11 Å². The number of hydrogen-bond acceptors (Lipinski definition) is 4. The summed E-state index contributed by atoms with van der Waals surface area (Å²) in [5.41, 5.74) is 1.25. The molecule has 1 heterocycles. The number of ether oxygens (including phenoxy) is 2. The molecule has 0 aliphatic carbocycles. The summed E-state index contributed by atoms with van der Waals surface area (Å²) in [6, 6.07) is 15.5. The molecule has 1 N–H and O–H groups in total. The molecule has 0 spiro atoms. The van der Waals surface area contributed by atoms with Crippen molar-refractivity contribution in [3.63, 3.8) is 0 Å². The number of carbonyl (C=O) groups excluding carboxylic acids is 1. The van der Waals surface area contributed by atoms with E-state index in [4.69, 9.17) is 21.1 Å². The minimum atomic E-state index is 0.0766. The first kappa shape index (κ1) is 20.5. The van der Waals surface area contributed by atoms with Gasteiger partial charge in [0.25, 0.3) is 0 Å². The van der Waals surface area contributed by atoms with Crippen molar-refractivity contribution in [2.45, 2.75) is 19.4 Å². The number of amides is 1. The molecule has 1 aliphatic rings. The Morgan fingerprint density at radius 3 is 2.46 bits per heavy atom. The van der Waals surface area contributed by atoms with Crippen molar-refractivity contribution in [1.29, 1.82) is 0 Å². The van der Waals surface area contributed by atoms with Crippen LogP contribution >= 0.6 is 11.6 Å². The molecule has 3 rings (SSSR count). The van der Waals surface area contributed by atoms with Crippen LogP contribution < -0.4 is 14.8 Å². The lowest BCUT2D eigenvalue weighted by Gasteiger charge is -2.31. The number of benzene rings is 2. The SMILES string of the molecule is COc1ccccc1OCCNC(=O)C1CCN(Cc2ccc(Cl)cc2)CC1. The first-order chi connectivity index (χ1) is 13.7. The van der Waals surface area contributed by atoms with Crippen molar-refractivity contribution in [3.8, 4) is 11.5 Å². The molecule has 0 unspecified atom stereocenters. The van der Waals surface area contributed by atoms with E-state index >= 15 is 0 Å². The fourth-order valence-corrected chi connectivity index (χ4v) is 3.54. The topological polar surface area (TPSA) is 50.8 Å². The summed E-state index contributed by atoms with van der Waals surface area (Å²) in [5.74, 6) is 1.58. The quantitative estimate of drug-likeness (QED) is 0.683. The molecule has 0 radical (unpaired) electrons. The van der Waals surface area contributed by atoms with Crippen molar-refractivity contribution in [3.05, 3.63) is 59.1 Å². The van der Waals surface area contributed by atoms with Crippen molar-refractivity contribution in [1.82, 2.24) is 10.2 Å². The molecular formula is C22H27ClN2O3. The Kier molecular flexibility index (Phi) is 7.57. The van der Waals surface area contributed by atoms with Gasteiger partial charge in [-0.05, 0) is 55.8 Å². The second-order valence-corrected chi connectivity index (χ2v) is 7.40. The number of hydrogen-bond donors (Lipinski definition) is 1. The fraction of sp³-hybridized carbons (Fsp3) is 0.409. The predicted molar refractivity (Wildman–Crippen MR) is 111 cm³/mol. The Labute approximate surface area is 171 Å². The first-order valence-corrected chi connectivity index (χ1v) is 10.0. The summed E-state index contributed by atoms with van der Waals surface area (Å²) in [4.78, 5) is 14.8. The number of carbonyl (C=O) groups is 1. The number of nitrogens with one attached hydrogen (secondary N) is 1. The highest BCUT2D eigenvalue weighted by Gasteiger charge is 2.24. The Bertz CT molecular complexity index is 759. The van der Waals surface area contributed by atoms with Crippen molar-refractivity contribution in [2.75, 3.05) is 33.4 Å². The zero-order valence-corrected chi connectivity index (χ0v) is 17.0. The van der Waals surface area contributed by atoms with E-state index in [1.807, 2.05) is 36.4 Å². The van der Waals surface area contributed by atoms with Crippen LogP contribution in [0.1, 0.15) is 18.4 Å². The van der Waals surface area contributed by atoms with Crippen LogP contribution in [-0.4, -0.2) is 44.2 Å². The average Bonchev–Trinajstić information content (AvgIpc) is 2.73. The van der Waals surface area contributed by atoms with Crippen LogP contribution in [0.25, 0.3) is 0 Å². The number of piperidine rings is 1. The van der Waals surface area contributed by atoms with E-state index in [2.05, 4.69) is 22.3 Å². The fourth-order valence-electron chi connectivity index (χ4n) is 3.42. The van der Waals surface area contributed by atoms with Crippen LogP contribution in [0.5, 0.6) is 11.5 Å². The van der Waals surface area contributed by atoms with Crippen LogP contribution in [-0.2, 0) is 11.3 Å². The molecule has 28 heavy (non-hydrogen) atoms. The number of para-hydroxylation sites is 2. The molecule has 2 aromatic carbocycles. The van der Waals surface area contributed by atoms with E-state index in [-0.39, 0.29) is 11.8 Å². The Morgan fingerprint density at radius 1 is 1.11 bits per heavy atom. The second-order valence-electron chi connectivity index (χ2n) is 6.97. The van der Waals surface area contributed by atoms with Gasteiger partial charge in [-0.15, -0.1) is 0 Å². The molecule has 2 aromatic rings. The molecule has 1 aliphatic heterocycles. The summed E-state index contributed by atoms with van der Waals surface area (Å²) in [7, 11) is 1.61. The number of halogens is 1. The zero-order valence-electron chi connectivity index (χ0n) is 16.2. The summed E-state index contributed by atoms with van der Waals surface area (Å²) >= 11 is 5.94. The maximum Gasteiger partial charge on any atom is 0.223 e. The van der Waals surface area contributed by atoms with Gasteiger partial charge in [0.2, 0.25) is 5.91 Å². The molecule has 0 saturated carbocycles. The number of likely N-dealkylation sites (tertiary alicyclic amines) is 1. The highest BCUT2D eigenvalue weighted by atomic mass is 35.5. The molecule has 1 fully saturated rings. The normalized spacial score (nSPS) is 15.2. The predicted octanol–water partition coefficient (Wildman–Crippen LogP) is 3.76. The zero-order chi connectivity index (χ0) is 19.8. The third-order valence-electron chi connectivity index (χ3n) is 5.01. The monoisotopic (exact) mass is 402 g/mol. The molecule has 1 amide bonds. The van der Waals surface area contributed by atoms with Crippen molar-refractivity contribution in [2.24, 2.45) is 5.92 Å². The molecule has 5 nitrogen and oxygen atoms in total. The lowest BCUT2D eigenvalue weighted by atomic mass is 9.95. The molecule has 0 aromatic heterocycles. The van der Waals surface area contributed by atoms with Crippen LogP contribution in [0.3, 0.4) is 0 Å². The van der Waals surface area contributed by atoms with E-state index in [9.17, 15) is 4.79 Å². The van der Waals surface area contributed by atoms with Gasteiger partial charge in [0, 0.05) is 17.5 Å². The van der Waals surface area contributed by atoms with E-state index in [0.717, 1.165) is 37.5 Å². The van der Waals surface area contributed by atoms with Crippen LogP contribution in [0.2, 0.25) is 5.02 Å². The molecule has 0 atom stereocenters. The minimum absolute atomic E-state index is 0.0766. The average molecular weight is 403 g/mol. The Hall–Kier alpha value is -2.24. The van der Waals surface area contributed by atoms with E-state index in [0.29, 0.717) is 24.7 Å². The Morgan fingerprint density at radius 2 is 1.79 bits per heavy atom. The van der Waals surface area contributed by atoms with Crippen molar-refractivity contribution < 1.29 is 14.3 Å². The summed E-state index contributed by atoms with van der Waals surface area (Å²) in [6.45, 7) is 3.67. The van der Waals surface area contributed by atoms with Crippen LogP contribution in [0, 0.1) is 5.92 Å². The molecule has 0 bridgehead atoms. The minimum Gasteiger partial charge on any atom is -0.493 e. The third-order valence-corrected chi connectivity index (χ3v) is 5.26. The van der Waals surface area contributed by atoms with Gasteiger partial charge in [-0.3, -0.25) is 9.69 Å². The van der Waals surface area contributed by atoms with Gasteiger partial charge in [0.15, 0.2) is 11.5 Å². The highest BCUT2D eigenvalue weighted by Crippen LogP contribution is 2.25. The second kappa shape index (κ2) is 10.3. The molecular weight excluding hydrogens is 376 g/mol. The van der Waals surface area contributed by atoms with Gasteiger partial charge in [-0.2, -0.15) is 0 Å². The van der Waals surface area contributed by atoms with Gasteiger partial charge < -0.3 is 14.8 Å². The van der Waals surface area contributed by atoms with Gasteiger partial charge in [0.05, 0.1) is 13.7 Å². The maximum atomic E-state index is 12.4. The van der Waals surface area contributed by atoms with E-state index in [1.165, 1.54) is 5.56 Å². The lowest BCUT2D eigenvalue weighted by Crippen LogP contribution is -2.41. The van der Waals surface area contributed by atoms with Crippen molar-refractivity contribution >= 4 is 17.5 Å². The largest absolute Gasteiger partial charge is 0.493 e. The molecule has 1 saturated heterocycles. The first-order valence-electron chi connectivity index (χ1n) is 9.66. The number of rotatable bonds is 8. The standard InChI is InChI=1S/C22H27ClN2O3/c1-27-20-4-2-3-5-21(20)28-15-12-24-22(26)18-10-13-25(14-11-18)16-17-6-8-19(23)9-7-17/h2-9,18H,10-16H2,1H3,(H,24,26). The van der Waals surface area contributed by atoms with Crippen LogP contribution in [0.4, 0.5) is 0 Å². The smallest absolute Gasteiger partial charge is 0.223 e. The third kappa shape index (κ3) is 5.88. The van der Waals surface area contributed by atoms with Crippen LogP contribution in [0.15, 0.2) is 48.5 Å². The van der Waals surface area contributed by atoms with Gasteiger partial charge >= 0.3 is 0 Å². The summed E-state index contributed by atoms with van der Waals surface area (Å²) < 4.78 is 11.0. The Balaban J connectivity index is 1.35.